The molecule has 4 heteroatoms. The molecule has 78 valence electrons. The lowest BCUT2D eigenvalue weighted by Gasteiger charge is -2.38. The van der Waals surface area contributed by atoms with Gasteiger partial charge in [0, 0.05) is 45.4 Å². The molecule has 4 nitrogen and oxygen atoms in total. The predicted molar refractivity (Wildman–Crippen MR) is 51.6 cm³/mol. The molecule has 0 amide bonds. The van der Waals surface area contributed by atoms with Crippen LogP contribution in [0.1, 0.15) is 12.8 Å². The molecule has 1 rings (SSSR count). The molecule has 0 aromatic carbocycles. The molecule has 1 heterocycles. The average Bonchev–Trinajstić information content (AvgIpc) is 2.06. The Balaban J connectivity index is 2.16. The summed E-state index contributed by atoms with van der Waals surface area (Å²) >= 11 is 0. The predicted octanol–water partition coefficient (Wildman–Crippen LogP) is -0.975. The summed E-state index contributed by atoms with van der Waals surface area (Å²) in [5.74, 6) is 0. The van der Waals surface area contributed by atoms with Gasteiger partial charge in [-0.2, -0.15) is 0 Å². The van der Waals surface area contributed by atoms with E-state index in [1.54, 1.807) is 0 Å². The van der Waals surface area contributed by atoms with Crippen LogP contribution in [0, 0.1) is 0 Å². The van der Waals surface area contributed by atoms with Crippen molar-refractivity contribution in [2.75, 3.05) is 39.4 Å². The van der Waals surface area contributed by atoms with Crippen LogP contribution in [0.5, 0.6) is 0 Å². The van der Waals surface area contributed by atoms with Gasteiger partial charge in [0.05, 0.1) is 0 Å². The first kappa shape index (κ1) is 10.9. The van der Waals surface area contributed by atoms with E-state index in [2.05, 4.69) is 10.2 Å². The molecule has 1 saturated heterocycles. The fourth-order valence-corrected chi connectivity index (χ4v) is 1.56. The number of hydrogen-bond donors (Lipinski definition) is 3. The maximum absolute atomic E-state index is 8.72. The van der Waals surface area contributed by atoms with Gasteiger partial charge in [-0.15, -0.1) is 0 Å². The summed E-state index contributed by atoms with van der Waals surface area (Å²) in [6, 6.07) is 0.623. The van der Waals surface area contributed by atoms with E-state index in [9.17, 15) is 0 Å². The van der Waals surface area contributed by atoms with E-state index in [1.807, 2.05) is 0 Å². The van der Waals surface area contributed by atoms with Gasteiger partial charge in [-0.25, -0.2) is 0 Å². The second-order valence-corrected chi connectivity index (χ2v) is 3.50. The van der Waals surface area contributed by atoms with Gasteiger partial charge in [-0.3, -0.25) is 4.90 Å². The molecule has 0 aromatic heterocycles. The molecule has 13 heavy (non-hydrogen) atoms. The molecular formula is C9H20N2O2. The Morgan fingerprint density at radius 2 is 1.62 bits per heavy atom. The van der Waals surface area contributed by atoms with Crippen LogP contribution in [0.4, 0.5) is 0 Å². The first-order chi connectivity index (χ1) is 6.38. The fourth-order valence-electron chi connectivity index (χ4n) is 1.56. The van der Waals surface area contributed by atoms with Gasteiger partial charge in [-0.1, -0.05) is 0 Å². The molecular weight excluding hydrogens is 168 g/mol. The lowest BCUT2D eigenvalue weighted by molar-refractivity contribution is 0.122. The van der Waals surface area contributed by atoms with Crippen molar-refractivity contribution < 1.29 is 10.2 Å². The smallest absolute Gasteiger partial charge is 0.0443 e. The summed E-state index contributed by atoms with van der Waals surface area (Å²) in [6.45, 7) is 4.52. The van der Waals surface area contributed by atoms with Gasteiger partial charge in [0.2, 0.25) is 0 Å². The molecule has 3 N–H and O–H groups in total. The summed E-state index contributed by atoms with van der Waals surface area (Å²) in [4.78, 5) is 2.35. The van der Waals surface area contributed by atoms with Crippen LogP contribution in [-0.2, 0) is 0 Å². The molecule has 1 fully saturated rings. The van der Waals surface area contributed by atoms with Crippen LogP contribution in [0.15, 0.2) is 0 Å². The van der Waals surface area contributed by atoms with E-state index < -0.39 is 0 Å². The summed E-state index contributed by atoms with van der Waals surface area (Å²) in [5, 5.41) is 20.7. The Morgan fingerprint density at radius 1 is 1.08 bits per heavy atom. The lowest BCUT2D eigenvalue weighted by Crippen LogP contribution is -2.57. The second kappa shape index (κ2) is 6.32. The highest BCUT2D eigenvalue weighted by molar-refractivity contribution is 4.84. The Labute approximate surface area is 79.6 Å². The van der Waals surface area contributed by atoms with Gasteiger partial charge in [0.15, 0.2) is 0 Å². The maximum Gasteiger partial charge on any atom is 0.0443 e. The Bertz CT molecular complexity index is 121. The first-order valence-corrected chi connectivity index (χ1v) is 5.05. The second-order valence-electron chi connectivity index (χ2n) is 3.50. The van der Waals surface area contributed by atoms with E-state index in [1.165, 1.54) is 0 Å². The van der Waals surface area contributed by atoms with Crippen molar-refractivity contribution in [2.24, 2.45) is 0 Å². The van der Waals surface area contributed by atoms with Gasteiger partial charge < -0.3 is 15.5 Å². The zero-order valence-electron chi connectivity index (χ0n) is 8.08. The average molecular weight is 188 g/mol. The van der Waals surface area contributed by atoms with Crippen LogP contribution in [0.25, 0.3) is 0 Å². The van der Waals surface area contributed by atoms with Crippen molar-refractivity contribution in [2.45, 2.75) is 18.9 Å². The van der Waals surface area contributed by atoms with Gasteiger partial charge in [0.1, 0.15) is 0 Å². The monoisotopic (exact) mass is 188 g/mol. The third-order valence-corrected chi connectivity index (χ3v) is 2.48. The highest BCUT2D eigenvalue weighted by Gasteiger charge is 2.23. The molecule has 0 atom stereocenters. The molecule has 0 aromatic rings. The molecule has 0 unspecified atom stereocenters. The largest absolute Gasteiger partial charge is 0.396 e. The van der Waals surface area contributed by atoms with Crippen LogP contribution in [0.2, 0.25) is 0 Å². The van der Waals surface area contributed by atoms with Crippen molar-refractivity contribution in [1.29, 1.82) is 0 Å². The summed E-state index contributed by atoms with van der Waals surface area (Å²) in [5.41, 5.74) is 0. The van der Waals surface area contributed by atoms with E-state index in [-0.39, 0.29) is 13.2 Å². The zero-order valence-corrected chi connectivity index (χ0v) is 8.08. The Kier molecular flexibility index (Phi) is 5.31. The lowest BCUT2D eigenvalue weighted by atomic mass is 10.1. The normalized spacial score (nSPS) is 17.8. The van der Waals surface area contributed by atoms with Crippen LogP contribution >= 0.6 is 0 Å². The minimum absolute atomic E-state index is 0.260. The van der Waals surface area contributed by atoms with Crippen molar-refractivity contribution in [1.82, 2.24) is 10.2 Å². The highest BCUT2D eigenvalue weighted by Crippen LogP contribution is 2.06. The summed E-state index contributed by atoms with van der Waals surface area (Å²) in [7, 11) is 0. The molecule has 0 aliphatic carbocycles. The van der Waals surface area contributed by atoms with Crippen LogP contribution in [-0.4, -0.2) is 60.5 Å². The number of nitrogens with one attached hydrogen (secondary N) is 1. The minimum Gasteiger partial charge on any atom is -0.396 e. The van der Waals surface area contributed by atoms with Crippen molar-refractivity contribution in [3.63, 3.8) is 0 Å². The third-order valence-electron chi connectivity index (χ3n) is 2.48. The van der Waals surface area contributed by atoms with Gasteiger partial charge in [0.25, 0.3) is 0 Å². The van der Waals surface area contributed by atoms with E-state index in [0.717, 1.165) is 39.0 Å². The number of aliphatic hydroxyl groups is 2. The van der Waals surface area contributed by atoms with Crippen molar-refractivity contribution in [3.8, 4) is 0 Å². The fraction of sp³-hybridized carbons (Fsp3) is 1.00. The quantitative estimate of drug-likeness (QED) is 0.481. The number of rotatable bonds is 7. The molecule has 1 aliphatic rings. The van der Waals surface area contributed by atoms with Crippen molar-refractivity contribution in [3.05, 3.63) is 0 Å². The SMILES string of the molecule is OCCCN(CCCO)C1CNC1. The standard InChI is InChI=1S/C9H20N2O2/c12-5-1-3-11(4-2-6-13)9-7-10-8-9/h9-10,12-13H,1-8H2. The van der Waals surface area contributed by atoms with Crippen LogP contribution in [0.3, 0.4) is 0 Å². The summed E-state index contributed by atoms with van der Waals surface area (Å²) in [6.07, 6.45) is 1.67. The minimum atomic E-state index is 0.260. The van der Waals surface area contributed by atoms with E-state index >= 15 is 0 Å². The summed E-state index contributed by atoms with van der Waals surface area (Å²) < 4.78 is 0. The topological polar surface area (TPSA) is 55.7 Å². The molecule has 0 saturated carbocycles. The maximum atomic E-state index is 8.72. The van der Waals surface area contributed by atoms with E-state index in [4.69, 9.17) is 10.2 Å². The molecule has 0 spiro atoms. The third kappa shape index (κ3) is 3.60. The van der Waals surface area contributed by atoms with E-state index in [0.29, 0.717) is 6.04 Å². The zero-order chi connectivity index (χ0) is 9.52. The first-order valence-electron chi connectivity index (χ1n) is 5.05. The molecule has 1 aliphatic heterocycles. The highest BCUT2D eigenvalue weighted by atomic mass is 16.3. The number of aliphatic hydroxyl groups excluding tert-OH is 2. The van der Waals surface area contributed by atoms with Crippen molar-refractivity contribution >= 4 is 0 Å². The van der Waals surface area contributed by atoms with Gasteiger partial charge >= 0.3 is 0 Å². The van der Waals surface area contributed by atoms with Gasteiger partial charge in [-0.05, 0) is 12.8 Å². The molecule has 0 bridgehead atoms. The molecule has 0 radical (unpaired) electrons. The Hall–Kier alpha value is -0.160. The number of nitrogens with zero attached hydrogens (tertiary/aromatic N) is 1. The Morgan fingerprint density at radius 3 is 1.92 bits per heavy atom. The van der Waals surface area contributed by atoms with Crippen LogP contribution < -0.4 is 5.32 Å². The number of hydrogen-bond acceptors (Lipinski definition) is 4.